The molecule has 1 fully saturated rings. The largest absolute Gasteiger partial charge is 0.489 e. The molecule has 0 saturated carbocycles. The highest BCUT2D eigenvalue weighted by Gasteiger charge is 2.27. The quantitative estimate of drug-likeness (QED) is 0.803. The summed E-state index contributed by atoms with van der Waals surface area (Å²) in [6.45, 7) is 3.32. The number of likely N-dealkylation sites (tertiary alicyclic amines) is 1. The van der Waals surface area contributed by atoms with Crippen LogP contribution in [0.4, 0.5) is 4.39 Å². The van der Waals surface area contributed by atoms with Crippen molar-refractivity contribution >= 4 is 0 Å². The van der Waals surface area contributed by atoms with Crippen LogP contribution in [0.1, 0.15) is 30.9 Å². The van der Waals surface area contributed by atoms with Gasteiger partial charge in [-0.1, -0.05) is 30.3 Å². The summed E-state index contributed by atoms with van der Waals surface area (Å²) in [5, 5.41) is 0. The molecule has 2 aromatic carbocycles. The van der Waals surface area contributed by atoms with Crippen molar-refractivity contribution in [1.82, 2.24) is 4.90 Å². The fraction of sp³-hybridized carbons (Fsp3) is 0.429. The molecule has 3 heteroatoms. The van der Waals surface area contributed by atoms with Crippen LogP contribution in [0, 0.1) is 5.82 Å². The molecule has 2 nitrogen and oxygen atoms in total. The van der Waals surface area contributed by atoms with Gasteiger partial charge in [-0.25, -0.2) is 4.39 Å². The van der Waals surface area contributed by atoms with Gasteiger partial charge in [0.05, 0.1) is 0 Å². The van der Waals surface area contributed by atoms with E-state index in [9.17, 15) is 4.39 Å². The van der Waals surface area contributed by atoms with E-state index in [1.165, 1.54) is 11.6 Å². The molecule has 2 unspecified atom stereocenters. The standard InChI is InChI=1S/C21H26FNO/c1-16-20(9-6-14-23(16)2)24-21-13-12-19(22)15-18(21)11-10-17-7-4-3-5-8-17/h3-5,7-8,12-13,15-16,20H,6,9-11,14H2,1-2H3. The summed E-state index contributed by atoms with van der Waals surface area (Å²) < 4.78 is 20.0. The van der Waals surface area contributed by atoms with Crippen LogP contribution in [0.25, 0.3) is 0 Å². The Labute approximate surface area is 144 Å². The molecule has 0 aliphatic carbocycles. The highest BCUT2D eigenvalue weighted by atomic mass is 19.1. The number of hydrogen-bond acceptors (Lipinski definition) is 2. The zero-order valence-corrected chi connectivity index (χ0v) is 14.5. The molecule has 24 heavy (non-hydrogen) atoms. The van der Waals surface area contributed by atoms with Gasteiger partial charge in [-0.15, -0.1) is 0 Å². The number of ether oxygens (including phenoxy) is 1. The zero-order valence-electron chi connectivity index (χ0n) is 14.5. The smallest absolute Gasteiger partial charge is 0.123 e. The van der Waals surface area contributed by atoms with Crippen molar-refractivity contribution in [3.8, 4) is 5.75 Å². The van der Waals surface area contributed by atoms with Crippen LogP contribution in [0.5, 0.6) is 5.75 Å². The molecule has 1 aliphatic rings. The van der Waals surface area contributed by atoms with Gasteiger partial charge in [-0.2, -0.15) is 0 Å². The lowest BCUT2D eigenvalue weighted by Gasteiger charge is -2.37. The van der Waals surface area contributed by atoms with Gasteiger partial charge in [0, 0.05) is 6.04 Å². The van der Waals surface area contributed by atoms with E-state index in [0.717, 1.165) is 43.5 Å². The van der Waals surface area contributed by atoms with E-state index in [1.54, 1.807) is 12.1 Å². The van der Waals surface area contributed by atoms with Gasteiger partial charge in [0.2, 0.25) is 0 Å². The maximum Gasteiger partial charge on any atom is 0.123 e. The molecule has 0 spiro atoms. The van der Waals surface area contributed by atoms with Crippen molar-refractivity contribution < 1.29 is 9.13 Å². The number of aryl methyl sites for hydroxylation is 2. The first-order valence-electron chi connectivity index (χ1n) is 8.83. The van der Waals surface area contributed by atoms with Crippen LogP contribution in [0.2, 0.25) is 0 Å². The Bertz CT molecular complexity index is 658. The van der Waals surface area contributed by atoms with Gasteiger partial charge >= 0.3 is 0 Å². The Morgan fingerprint density at radius 3 is 2.71 bits per heavy atom. The molecule has 1 heterocycles. The molecule has 3 rings (SSSR count). The van der Waals surface area contributed by atoms with Gasteiger partial charge in [-0.3, -0.25) is 0 Å². The highest BCUT2D eigenvalue weighted by Crippen LogP contribution is 2.27. The van der Waals surface area contributed by atoms with Crippen molar-refractivity contribution in [1.29, 1.82) is 0 Å². The van der Waals surface area contributed by atoms with Crippen molar-refractivity contribution in [3.63, 3.8) is 0 Å². The highest BCUT2D eigenvalue weighted by molar-refractivity contribution is 5.35. The minimum absolute atomic E-state index is 0.171. The van der Waals surface area contributed by atoms with Crippen molar-refractivity contribution in [3.05, 3.63) is 65.5 Å². The van der Waals surface area contributed by atoms with E-state index in [0.29, 0.717) is 6.04 Å². The van der Waals surface area contributed by atoms with Gasteiger partial charge in [0.1, 0.15) is 17.7 Å². The lowest BCUT2D eigenvalue weighted by Crippen LogP contribution is -2.46. The molecule has 128 valence electrons. The first kappa shape index (κ1) is 17.0. The number of nitrogens with zero attached hydrogens (tertiary/aromatic N) is 1. The van der Waals surface area contributed by atoms with Gasteiger partial charge < -0.3 is 9.64 Å². The van der Waals surface area contributed by atoms with Crippen LogP contribution in [0.3, 0.4) is 0 Å². The number of halogens is 1. The second-order valence-corrected chi connectivity index (χ2v) is 6.76. The average Bonchev–Trinajstić information content (AvgIpc) is 2.60. The second-order valence-electron chi connectivity index (χ2n) is 6.76. The average molecular weight is 327 g/mol. The van der Waals surface area contributed by atoms with Crippen LogP contribution < -0.4 is 4.74 Å². The SMILES string of the molecule is CC1C(Oc2ccc(F)cc2CCc2ccccc2)CCCN1C. The number of hydrogen-bond donors (Lipinski definition) is 0. The fourth-order valence-corrected chi connectivity index (χ4v) is 3.37. The summed E-state index contributed by atoms with van der Waals surface area (Å²) in [5.41, 5.74) is 2.22. The molecule has 0 N–H and O–H groups in total. The Balaban J connectivity index is 1.73. The third-order valence-electron chi connectivity index (χ3n) is 5.06. The van der Waals surface area contributed by atoms with E-state index in [-0.39, 0.29) is 11.9 Å². The van der Waals surface area contributed by atoms with Crippen molar-refractivity contribution in [2.24, 2.45) is 0 Å². The number of piperidine rings is 1. The Morgan fingerprint density at radius 1 is 1.12 bits per heavy atom. The van der Waals surface area contributed by atoms with E-state index in [2.05, 4.69) is 31.0 Å². The minimum atomic E-state index is -0.195. The summed E-state index contributed by atoms with van der Waals surface area (Å²) in [7, 11) is 2.14. The lowest BCUT2D eigenvalue weighted by molar-refractivity contribution is 0.0513. The maximum atomic E-state index is 13.7. The predicted octanol–water partition coefficient (Wildman–Crippen LogP) is 4.47. The normalized spacial score (nSPS) is 21.6. The summed E-state index contributed by atoms with van der Waals surface area (Å²) in [6.07, 6.45) is 4.05. The van der Waals surface area contributed by atoms with E-state index >= 15 is 0 Å². The molecule has 1 saturated heterocycles. The third kappa shape index (κ3) is 4.15. The monoisotopic (exact) mass is 327 g/mol. The van der Waals surface area contributed by atoms with Crippen molar-refractivity contribution in [2.45, 2.75) is 44.8 Å². The lowest BCUT2D eigenvalue weighted by atomic mass is 10.00. The van der Waals surface area contributed by atoms with Crippen LogP contribution in [0.15, 0.2) is 48.5 Å². The summed E-state index contributed by atoms with van der Waals surface area (Å²) in [4.78, 5) is 2.33. The Hall–Kier alpha value is -1.87. The summed E-state index contributed by atoms with van der Waals surface area (Å²) >= 11 is 0. The minimum Gasteiger partial charge on any atom is -0.489 e. The van der Waals surface area contributed by atoms with Gasteiger partial charge in [0.25, 0.3) is 0 Å². The predicted molar refractivity (Wildman–Crippen MR) is 96.0 cm³/mol. The van der Waals surface area contributed by atoms with E-state index in [4.69, 9.17) is 4.74 Å². The molecule has 2 aromatic rings. The fourth-order valence-electron chi connectivity index (χ4n) is 3.37. The maximum absolute atomic E-state index is 13.7. The molecule has 0 radical (unpaired) electrons. The summed E-state index contributed by atoms with van der Waals surface area (Å²) in [6, 6.07) is 15.6. The van der Waals surface area contributed by atoms with Crippen LogP contribution in [-0.2, 0) is 12.8 Å². The van der Waals surface area contributed by atoms with E-state index in [1.807, 2.05) is 18.2 Å². The molecular formula is C21H26FNO. The van der Waals surface area contributed by atoms with Gasteiger partial charge in [0.15, 0.2) is 0 Å². The molecule has 0 amide bonds. The number of benzene rings is 2. The molecule has 1 aliphatic heterocycles. The Morgan fingerprint density at radius 2 is 1.92 bits per heavy atom. The molecule has 0 bridgehead atoms. The zero-order chi connectivity index (χ0) is 16.9. The van der Waals surface area contributed by atoms with Gasteiger partial charge in [-0.05, 0) is 75.5 Å². The third-order valence-corrected chi connectivity index (χ3v) is 5.06. The van der Waals surface area contributed by atoms with Crippen molar-refractivity contribution in [2.75, 3.05) is 13.6 Å². The molecule has 2 atom stereocenters. The first-order chi connectivity index (χ1) is 11.6. The summed E-state index contributed by atoms with van der Waals surface area (Å²) in [5.74, 6) is 0.638. The second kappa shape index (κ2) is 7.80. The van der Waals surface area contributed by atoms with E-state index < -0.39 is 0 Å². The Kier molecular flexibility index (Phi) is 5.52. The first-order valence-corrected chi connectivity index (χ1v) is 8.83. The number of likely N-dealkylation sites (N-methyl/N-ethyl adjacent to an activating group) is 1. The topological polar surface area (TPSA) is 12.5 Å². The number of rotatable bonds is 5. The van der Waals surface area contributed by atoms with Crippen LogP contribution in [-0.4, -0.2) is 30.6 Å². The molecule has 0 aromatic heterocycles. The molecular weight excluding hydrogens is 301 g/mol. The van der Waals surface area contributed by atoms with Crippen LogP contribution >= 0.6 is 0 Å².